The van der Waals surface area contributed by atoms with Gasteiger partial charge in [0.05, 0.1) is 19.3 Å². The minimum absolute atomic E-state index is 0.0117. The van der Waals surface area contributed by atoms with E-state index in [1.54, 1.807) is 12.0 Å². The topological polar surface area (TPSA) is 85.0 Å². The molecule has 0 aromatic heterocycles. The molecule has 1 fully saturated rings. The van der Waals surface area contributed by atoms with E-state index in [2.05, 4.69) is 0 Å². The number of hydrogen-bond donors (Lipinski definition) is 2. The predicted molar refractivity (Wildman–Crippen MR) is 62.5 cm³/mol. The molecule has 0 aliphatic carbocycles. The summed E-state index contributed by atoms with van der Waals surface area (Å²) in [7, 11) is 1.58. The predicted octanol–water partition coefficient (Wildman–Crippen LogP) is -1.04. The largest absolute Gasteiger partial charge is 0.395 e. The molecular weight excluding hydrogens is 224 g/mol. The first kappa shape index (κ1) is 14.4. The van der Waals surface area contributed by atoms with Gasteiger partial charge < -0.3 is 25.2 Å². The molecule has 1 saturated heterocycles. The molecule has 3 N–H and O–H groups in total. The van der Waals surface area contributed by atoms with Gasteiger partial charge in [-0.15, -0.1) is 0 Å². The number of nitrogens with zero attached hydrogens (tertiary/aromatic N) is 1. The van der Waals surface area contributed by atoms with Crippen LogP contribution >= 0.6 is 0 Å². The van der Waals surface area contributed by atoms with Crippen molar-refractivity contribution in [2.24, 2.45) is 5.73 Å². The Morgan fingerprint density at radius 1 is 1.53 bits per heavy atom. The first-order chi connectivity index (χ1) is 8.22. The highest BCUT2D eigenvalue weighted by atomic mass is 16.5. The highest BCUT2D eigenvalue weighted by molar-refractivity contribution is 5.81. The fraction of sp³-hybridized carbons (Fsp3) is 0.909. The van der Waals surface area contributed by atoms with Gasteiger partial charge in [0, 0.05) is 26.7 Å². The van der Waals surface area contributed by atoms with Crippen LogP contribution in [-0.2, 0) is 14.3 Å². The second-order valence-corrected chi connectivity index (χ2v) is 4.10. The smallest absolute Gasteiger partial charge is 0.251 e. The van der Waals surface area contributed by atoms with Crippen molar-refractivity contribution in [1.29, 1.82) is 0 Å². The van der Waals surface area contributed by atoms with Gasteiger partial charge in [-0.05, 0) is 12.8 Å². The van der Waals surface area contributed by atoms with E-state index < -0.39 is 6.10 Å². The molecule has 0 aromatic rings. The number of hydrogen-bond acceptors (Lipinski definition) is 5. The third-order valence-corrected chi connectivity index (χ3v) is 2.89. The van der Waals surface area contributed by atoms with E-state index in [0.717, 1.165) is 6.42 Å². The third-order valence-electron chi connectivity index (χ3n) is 2.89. The Hall–Kier alpha value is -0.690. The minimum Gasteiger partial charge on any atom is -0.395 e. The summed E-state index contributed by atoms with van der Waals surface area (Å²) in [6.45, 7) is 1.64. The van der Waals surface area contributed by atoms with Crippen molar-refractivity contribution in [2.75, 3.05) is 40.0 Å². The number of aliphatic hydroxyl groups is 1. The van der Waals surface area contributed by atoms with Gasteiger partial charge in [0.15, 0.2) is 0 Å². The molecule has 0 spiro atoms. The molecule has 2 unspecified atom stereocenters. The van der Waals surface area contributed by atoms with Gasteiger partial charge in [-0.1, -0.05) is 0 Å². The van der Waals surface area contributed by atoms with Crippen LogP contribution in [0.15, 0.2) is 0 Å². The van der Waals surface area contributed by atoms with Crippen LogP contribution in [0.2, 0.25) is 0 Å². The number of nitrogens with two attached hydrogens (primary N) is 1. The number of rotatable bonds is 7. The molecule has 0 bridgehead atoms. The van der Waals surface area contributed by atoms with Gasteiger partial charge in [0.2, 0.25) is 0 Å². The molecular formula is C11H22N2O4. The average molecular weight is 246 g/mol. The van der Waals surface area contributed by atoms with Gasteiger partial charge in [-0.2, -0.15) is 0 Å². The molecule has 0 aromatic carbocycles. The maximum atomic E-state index is 12.1. The standard InChI is InChI=1S/C11H22N2O4/c1-16-7-5-13(4-6-14)11(15)10-3-2-9(8-12)17-10/h9-10,14H,2-8,12H2,1H3. The lowest BCUT2D eigenvalue weighted by Gasteiger charge is -2.24. The second kappa shape index (κ2) is 7.60. The summed E-state index contributed by atoms with van der Waals surface area (Å²) in [6.07, 6.45) is 1.11. The quantitative estimate of drug-likeness (QED) is 0.599. The Morgan fingerprint density at radius 3 is 2.82 bits per heavy atom. The lowest BCUT2D eigenvalue weighted by molar-refractivity contribution is -0.143. The van der Waals surface area contributed by atoms with Crippen molar-refractivity contribution in [3.05, 3.63) is 0 Å². The Kier molecular flexibility index (Phi) is 6.43. The van der Waals surface area contributed by atoms with Gasteiger partial charge in [-0.3, -0.25) is 4.79 Å². The lowest BCUT2D eigenvalue weighted by atomic mass is 10.2. The van der Waals surface area contributed by atoms with Crippen molar-refractivity contribution < 1.29 is 19.4 Å². The summed E-state index contributed by atoms with van der Waals surface area (Å²) in [4.78, 5) is 13.7. The van der Waals surface area contributed by atoms with Crippen LogP contribution < -0.4 is 5.73 Å². The molecule has 1 rings (SSSR count). The van der Waals surface area contributed by atoms with E-state index in [0.29, 0.717) is 32.7 Å². The normalized spacial score (nSPS) is 23.9. The van der Waals surface area contributed by atoms with E-state index in [1.165, 1.54) is 0 Å². The molecule has 17 heavy (non-hydrogen) atoms. The fourth-order valence-electron chi connectivity index (χ4n) is 1.92. The van der Waals surface area contributed by atoms with E-state index in [-0.39, 0.29) is 18.6 Å². The van der Waals surface area contributed by atoms with E-state index in [1.807, 2.05) is 0 Å². The maximum absolute atomic E-state index is 12.1. The van der Waals surface area contributed by atoms with Crippen LogP contribution in [0.25, 0.3) is 0 Å². The van der Waals surface area contributed by atoms with Crippen molar-refractivity contribution in [1.82, 2.24) is 4.90 Å². The highest BCUT2D eigenvalue weighted by Gasteiger charge is 2.32. The number of carbonyl (C=O) groups is 1. The first-order valence-electron chi connectivity index (χ1n) is 5.97. The van der Waals surface area contributed by atoms with Crippen LogP contribution in [0.4, 0.5) is 0 Å². The zero-order valence-corrected chi connectivity index (χ0v) is 10.3. The third kappa shape index (κ3) is 4.23. The number of aliphatic hydroxyl groups excluding tert-OH is 1. The Morgan fingerprint density at radius 2 is 2.29 bits per heavy atom. The molecule has 0 radical (unpaired) electrons. The summed E-state index contributed by atoms with van der Waals surface area (Å²) < 4.78 is 10.5. The number of ether oxygens (including phenoxy) is 2. The SMILES string of the molecule is COCCN(CCO)C(=O)C1CCC(CN)O1. The molecule has 1 aliphatic heterocycles. The van der Waals surface area contributed by atoms with E-state index in [4.69, 9.17) is 20.3 Å². The molecule has 6 nitrogen and oxygen atoms in total. The minimum atomic E-state index is -0.410. The van der Waals surface area contributed by atoms with Crippen LogP contribution in [0, 0.1) is 0 Å². The van der Waals surface area contributed by atoms with Crippen molar-refractivity contribution in [2.45, 2.75) is 25.0 Å². The summed E-state index contributed by atoms with van der Waals surface area (Å²) in [6, 6.07) is 0. The monoisotopic (exact) mass is 246 g/mol. The van der Waals surface area contributed by atoms with Crippen molar-refractivity contribution in [3.63, 3.8) is 0 Å². The van der Waals surface area contributed by atoms with Gasteiger partial charge in [0.25, 0.3) is 5.91 Å². The molecule has 2 atom stereocenters. The average Bonchev–Trinajstić information content (AvgIpc) is 2.82. The highest BCUT2D eigenvalue weighted by Crippen LogP contribution is 2.20. The number of carbonyl (C=O) groups excluding carboxylic acids is 1. The summed E-state index contributed by atoms with van der Waals surface area (Å²) >= 11 is 0. The molecule has 6 heteroatoms. The molecule has 100 valence electrons. The van der Waals surface area contributed by atoms with Gasteiger partial charge >= 0.3 is 0 Å². The summed E-state index contributed by atoms with van der Waals surface area (Å²) in [5, 5.41) is 8.93. The Balaban J connectivity index is 2.46. The van der Waals surface area contributed by atoms with Gasteiger partial charge in [-0.25, -0.2) is 0 Å². The summed E-state index contributed by atoms with van der Waals surface area (Å²) in [5.74, 6) is -0.0768. The number of amides is 1. The molecule has 0 saturated carbocycles. The molecule has 1 heterocycles. The van der Waals surface area contributed by atoms with Crippen LogP contribution in [0.5, 0.6) is 0 Å². The summed E-state index contributed by atoms with van der Waals surface area (Å²) in [5.41, 5.74) is 5.50. The van der Waals surface area contributed by atoms with Gasteiger partial charge in [0.1, 0.15) is 6.10 Å². The zero-order chi connectivity index (χ0) is 12.7. The van der Waals surface area contributed by atoms with Crippen LogP contribution in [0.1, 0.15) is 12.8 Å². The fourth-order valence-corrected chi connectivity index (χ4v) is 1.92. The van der Waals surface area contributed by atoms with Crippen LogP contribution in [-0.4, -0.2) is 68.1 Å². The Labute approximate surface area is 102 Å². The second-order valence-electron chi connectivity index (χ2n) is 4.10. The zero-order valence-electron chi connectivity index (χ0n) is 10.3. The Bertz CT molecular complexity index is 238. The maximum Gasteiger partial charge on any atom is 0.251 e. The lowest BCUT2D eigenvalue weighted by Crippen LogP contribution is -2.42. The molecule has 1 amide bonds. The van der Waals surface area contributed by atoms with E-state index >= 15 is 0 Å². The van der Waals surface area contributed by atoms with Crippen molar-refractivity contribution in [3.8, 4) is 0 Å². The van der Waals surface area contributed by atoms with Crippen molar-refractivity contribution >= 4 is 5.91 Å². The van der Waals surface area contributed by atoms with E-state index in [9.17, 15) is 4.79 Å². The molecule has 1 aliphatic rings. The number of methoxy groups -OCH3 is 1. The first-order valence-corrected chi connectivity index (χ1v) is 5.97. The van der Waals surface area contributed by atoms with Crippen LogP contribution in [0.3, 0.4) is 0 Å².